The number of hydrogen-bond acceptors (Lipinski definition) is 3. The highest BCUT2D eigenvalue weighted by Crippen LogP contribution is 2.32. The molecule has 0 aliphatic carbocycles. The lowest BCUT2D eigenvalue weighted by Crippen LogP contribution is -2.50. The molecule has 0 saturated carbocycles. The van der Waals surface area contributed by atoms with Gasteiger partial charge in [0.2, 0.25) is 15.9 Å². The number of rotatable bonds is 7. The fourth-order valence-corrected chi connectivity index (χ4v) is 3.91. The van der Waals surface area contributed by atoms with E-state index in [0.717, 1.165) is 23.4 Å². The number of amides is 1. The lowest BCUT2D eigenvalue weighted by atomic mass is 10.2. The molecule has 5 nitrogen and oxygen atoms in total. The maximum absolute atomic E-state index is 12.4. The number of anilines is 1. The highest BCUT2D eigenvalue weighted by atomic mass is 35.5. The van der Waals surface area contributed by atoms with Gasteiger partial charge in [-0.2, -0.15) is 0 Å². The van der Waals surface area contributed by atoms with E-state index in [1.54, 1.807) is 6.07 Å². The maximum atomic E-state index is 12.4. The highest BCUT2D eigenvalue weighted by Gasteiger charge is 2.31. The average molecular weight is 381 g/mol. The lowest BCUT2D eigenvalue weighted by Gasteiger charge is -2.30. The Labute approximate surface area is 148 Å². The van der Waals surface area contributed by atoms with Crippen LogP contribution in [0.2, 0.25) is 10.0 Å². The van der Waals surface area contributed by atoms with E-state index in [1.807, 2.05) is 13.8 Å². The predicted octanol–water partition coefficient (Wildman–Crippen LogP) is 3.45. The highest BCUT2D eigenvalue weighted by molar-refractivity contribution is 7.92. The minimum atomic E-state index is -3.72. The van der Waals surface area contributed by atoms with Gasteiger partial charge in [-0.15, -0.1) is 0 Å². The largest absolute Gasteiger partial charge is 0.352 e. The van der Waals surface area contributed by atoms with E-state index in [1.165, 1.54) is 19.1 Å². The van der Waals surface area contributed by atoms with Gasteiger partial charge in [-0.1, -0.05) is 36.5 Å². The predicted molar refractivity (Wildman–Crippen MR) is 95.8 cm³/mol. The normalized spacial score (nSPS) is 14.2. The van der Waals surface area contributed by atoms with Crippen LogP contribution in [0.3, 0.4) is 0 Å². The summed E-state index contributed by atoms with van der Waals surface area (Å²) in [5.41, 5.74) is 0.187. The van der Waals surface area contributed by atoms with Crippen LogP contribution in [-0.4, -0.2) is 32.7 Å². The molecule has 0 aromatic heterocycles. The Kier molecular flexibility index (Phi) is 7.17. The van der Waals surface area contributed by atoms with Crippen molar-refractivity contribution in [1.29, 1.82) is 0 Å². The second-order valence-electron chi connectivity index (χ2n) is 5.53. The first-order valence-electron chi connectivity index (χ1n) is 7.32. The monoisotopic (exact) mass is 380 g/mol. The number of carbonyl (C=O) groups excluding carboxylic acids is 1. The molecule has 130 valence electrons. The first-order valence-corrected chi connectivity index (χ1v) is 9.93. The van der Waals surface area contributed by atoms with Crippen LogP contribution in [0.4, 0.5) is 5.69 Å². The number of nitrogens with one attached hydrogen (secondary N) is 1. The summed E-state index contributed by atoms with van der Waals surface area (Å²) in [6, 6.07) is 3.51. The smallest absolute Gasteiger partial charge is 0.243 e. The van der Waals surface area contributed by atoms with Crippen molar-refractivity contribution >= 4 is 44.8 Å². The van der Waals surface area contributed by atoms with Crippen molar-refractivity contribution in [2.24, 2.45) is 0 Å². The van der Waals surface area contributed by atoms with E-state index < -0.39 is 16.1 Å². The molecule has 1 aromatic rings. The van der Waals surface area contributed by atoms with Gasteiger partial charge in [-0.25, -0.2) is 8.42 Å². The standard InChI is InChI=1S/C15H22Cl2N2O3S/c1-5-6-10(2)18-15(20)11(3)19(23(4,21)22)14-9-12(16)7-8-13(14)17/h7-11H,5-6H2,1-4H3,(H,18,20)/t10-,11-/m0/s1. The Morgan fingerprint density at radius 1 is 1.30 bits per heavy atom. The summed E-state index contributed by atoms with van der Waals surface area (Å²) in [6.45, 7) is 5.41. The third-order valence-corrected chi connectivity index (χ3v) is 5.13. The Morgan fingerprint density at radius 2 is 1.91 bits per heavy atom. The minimum absolute atomic E-state index is 0.0359. The topological polar surface area (TPSA) is 66.5 Å². The summed E-state index contributed by atoms with van der Waals surface area (Å²) in [5, 5.41) is 3.36. The van der Waals surface area contributed by atoms with Crippen molar-refractivity contribution in [3.05, 3.63) is 28.2 Å². The van der Waals surface area contributed by atoms with Crippen molar-refractivity contribution < 1.29 is 13.2 Å². The van der Waals surface area contributed by atoms with Crippen molar-refractivity contribution in [1.82, 2.24) is 5.32 Å². The molecule has 0 aliphatic heterocycles. The summed E-state index contributed by atoms with van der Waals surface area (Å²) in [4.78, 5) is 12.4. The molecule has 1 aromatic carbocycles. The second kappa shape index (κ2) is 8.22. The van der Waals surface area contributed by atoms with Gasteiger partial charge in [0.05, 0.1) is 17.0 Å². The van der Waals surface area contributed by atoms with Crippen molar-refractivity contribution in [3.8, 4) is 0 Å². The molecule has 0 aliphatic rings. The first kappa shape index (κ1) is 20.1. The van der Waals surface area contributed by atoms with Crippen LogP contribution in [0, 0.1) is 0 Å². The average Bonchev–Trinajstić information content (AvgIpc) is 2.41. The van der Waals surface area contributed by atoms with Gasteiger partial charge in [0.15, 0.2) is 0 Å². The lowest BCUT2D eigenvalue weighted by molar-refractivity contribution is -0.122. The molecule has 0 fully saturated rings. The van der Waals surface area contributed by atoms with Crippen LogP contribution >= 0.6 is 23.2 Å². The summed E-state index contributed by atoms with van der Waals surface area (Å²) in [6.07, 6.45) is 2.77. The quantitative estimate of drug-likeness (QED) is 0.787. The zero-order valence-corrected chi connectivity index (χ0v) is 16.0. The van der Waals surface area contributed by atoms with Crippen LogP contribution in [0.1, 0.15) is 33.6 Å². The number of halogens is 2. The number of benzene rings is 1. The van der Waals surface area contributed by atoms with Crippen LogP contribution in [0.15, 0.2) is 18.2 Å². The van der Waals surface area contributed by atoms with E-state index in [4.69, 9.17) is 23.2 Å². The Hall–Kier alpha value is -0.980. The van der Waals surface area contributed by atoms with Gasteiger partial charge in [0.1, 0.15) is 6.04 Å². The Morgan fingerprint density at radius 3 is 2.43 bits per heavy atom. The molecule has 1 rings (SSSR count). The van der Waals surface area contributed by atoms with Crippen LogP contribution < -0.4 is 9.62 Å². The zero-order valence-electron chi connectivity index (χ0n) is 13.6. The molecule has 23 heavy (non-hydrogen) atoms. The van der Waals surface area contributed by atoms with Gasteiger partial charge in [0.25, 0.3) is 0 Å². The molecule has 1 amide bonds. The summed E-state index contributed by atoms with van der Waals surface area (Å²) >= 11 is 12.0. The number of carbonyl (C=O) groups is 1. The van der Waals surface area contributed by atoms with Gasteiger partial charge in [-0.05, 0) is 38.5 Å². The molecular weight excluding hydrogens is 359 g/mol. The van der Waals surface area contributed by atoms with Gasteiger partial charge < -0.3 is 5.32 Å². The van der Waals surface area contributed by atoms with E-state index in [9.17, 15) is 13.2 Å². The van der Waals surface area contributed by atoms with Crippen LogP contribution in [0.25, 0.3) is 0 Å². The fraction of sp³-hybridized carbons (Fsp3) is 0.533. The maximum Gasteiger partial charge on any atom is 0.243 e. The van der Waals surface area contributed by atoms with Gasteiger partial charge in [0, 0.05) is 11.1 Å². The van der Waals surface area contributed by atoms with Crippen molar-refractivity contribution in [3.63, 3.8) is 0 Å². The van der Waals surface area contributed by atoms with Gasteiger partial charge in [-0.3, -0.25) is 9.10 Å². The van der Waals surface area contributed by atoms with Crippen molar-refractivity contribution in [2.75, 3.05) is 10.6 Å². The summed E-state index contributed by atoms with van der Waals surface area (Å²) < 4.78 is 25.4. The number of hydrogen-bond donors (Lipinski definition) is 1. The van der Waals surface area contributed by atoms with Crippen LogP contribution in [0.5, 0.6) is 0 Å². The molecule has 1 N–H and O–H groups in total. The molecule has 0 unspecified atom stereocenters. The Bertz CT molecular complexity index is 665. The molecule has 0 spiro atoms. The van der Waals surface area contributed by atoms with E-state index in [-0.39, 0.29) is 22.7 Å². The molecule has 0 heterocycles. The van der Waals surface area contributed by atoms with E-state index in [2.05, 4.69) is 5.32 Å². The second-order valence-corrected chi connectivity index (χ2v) is 8.23. The minimum Gasteiger partial charge on any atom is -0.352 e. The van der Waals surface area contributed by atoms with E-state index in [0.29, 0.717) is 5.02 Å². The molecule has 0 saturated heterocycles. The third-order valence-electron chi connectivity index (χ3n) is 3.34. The molecule has 2 atom stereocenters. The SMILES string of the molecule is CCC[C@H](C)NC(=O)[C@H](C)N(c1cc(Cl)ccc1Cl)S(C)(=O)=O. The zero-order chi connectivity index (χ0) is 17.8. The number of nitrogens with zero attached hydrogens (tertiary/aromatic N) is 1. The molecule has 8 heteroatoms. The van der Waals surface area contributed by atoms with Crippen LogP contribution in [-0.2, 0) is 14.8 Å². The fourth-order valence-electron chi connectivity index (χ4n) is 2.30. The molecule has 0 radical (unpaired) electrons. The Balaban J connectivity index is 3.17. The molecule has 0 bridgehead atoms. The third kappa shape index (κ3) is 5.55. The summed E-state index contributed by atoms with van der Waals surface area (Å²) in [5.74, 6) is -0.382. The number of sulfonamides is 1. The van der Waals surface area contributed by atoms with E-state index >= 15 is 0 Å². The first-order chi connectivity index (χ1) is 10.6. The van der Waals surface area contributed by atoms with Crippen molar-refractivity contribution in [2.45, 2.75) is 45.7 Å². The summed E-state index contributed by atoms with van der Waals surface area (Å²) in [7, 11) is -3.72. The molecular formula is C15H22Cl2N2O3S. The van der Waals surface area contributed by atoms with Gasteiger partial charge >= 0.3 is 0 Å².